The number of nitrogens with zero attached hydrogens (tertiary/aromatic N) is 3. The Morgan fingerprint density at radius 2 is 2.38 bits per heavy atom. The van der Waals surface area contributed by atoms with Crippen molar-refractivity contribution in [2.24, 2.45) is 5.92 Å². The lowest BCUT2D eigenvalue weighted by molar-refractivity contribution is -0.144. The number of aromatic nitrogens is 2. The fraction of sp³-hybridized carbons (Fsp3) is 0.455. The molecule has 1 saturated carbocycles. The Balaban J connectivity index is 2.12. The molecule has 0 aromatic carbocycles. The molecule has 1 aromatic rings. The molecule has 0 radical (unpaired) electrons. The minimum Gasteiger partial charge on any atom is -0.466 e. The van der Waals surface area contributed by atoms with Crippen LogP contribution in [-0.4, -0.2) is 22.5 Å². The first-order valence-electron chi connectivity index (χ1n) is 5.15. The number of hydrogen-bond donors (Lipinski definition) is 0. The standard InChI is InChI=1S/C11H11N3O2/c1-2-16-11(15)8-5-7(8)10-9(6-12)13-3-4-14-10/h3-4,7-8H,2,5H2,1H3/t7-,8-/m0/s1. The van der Waals surface area contributed by atoms with Crippen LogP contribution in [0.5, 0.6) is 0 Å². The minimum absolute atomic E-state index is 0.00222. The molecule has 5 heteroatoms. The van der Waals surface area contributed by atoms with Gasteiger partial charge in [-0.3, -0.25) is 9.78 Å². The normalized spacial score (nSPS) is 22.2. The Hall–Kier alpha value is -1.96. The molecule has 1 heterocycles. The first kappa shape index (κ1) is 10.6. The molecule has 0 aliphatic heterocycles. The van der Waals surface area contributed by atoms with E-state index < -0.39 is 0 Å². The van der Waals surface area contributed by atoms with Crippen LogP contribution < -0.4 is 0 Å². The largest absolute Gasteiger partial charge is 0.466 e. The molecular formula is C11H11N3O2. The van der Waals surface area contributed by atoms with Gasteiger partial charge in [-0.1, -0.05) is 0 Å². The Labute approximate surface area is 93.1 Å². The molecule has 16 heavy (non-hydrogen) atoms. The Bertz CT molecular complexity index is 453. The van der Waals surface area contributed by atoms with Crippen LogP contribution in [0.2, 0.25) is 0 Å². The van der Waals surface area contributed by atoms with E-state index >= 15 is 0 Å². The Morgan fingerprint density at radius 3 is 3.06 bits per heavy atom. The lowest BCUT2D eigenvalue weighted by Gasteiger charge is -2.01. The van der Waals surface area contributed by atoms with E-state index in [4.69, 9.17) is 10.00 Å². The average molecular weight is 217 g/mol. The van der Waals surface area contributed by atoms with Gasteiger partial charge >= 0.3 is 5.97 Å². The zero-order valence-electron chi connectivity index (χ0n) is 8.88. The quantitative estimate of drug-likeness (QED) is 0.706. The van der Waals surface area contributed by atoms with Crippen LogP contribution in [0.3, 0.4) is 0 Å². The maximum absolute atomic E-state index is 11.4. The molecular weight excluding hydrogens is 206 g/mol. The second-order valence-corrected chi connectivity index (χ2v) is 3.60. The fourth-order valence-corrected chi connectivity index (χ4v) is 1.71. The van der Waals surface area contributed by atoms with Gasteiger partial charge in [-0.15, -0.1) is 0 Å². The SMILES string of the molecule is CCOC(=O)[C@H]1C[C@@H]1c1nccnc1C#N. The lowest BCUT2D eigenvalue weighted by atomic mass is 10.2. The lowest BCUT2D eigenvalue weighted by Crippen LogP contribution is -2.08. The molecule has 0 N–H and O–H groups in total. The second-order valence-electron chi connectivity index (χ2n) is 3.60. The molecule has 0 amide bonds. The Kier molecular flexibility index (Phi) is 2.82. The van der Waals surface area contributed by atoms with Gasteiger partial charge in [-0.25, -0.2) is 4.98 Å². The molecule has 1 aromatic heterocycles. The third kappa shape index (κ3) is 1.87. The molecule has 0 saturated heterocycles. The van der Waals surface area contributed by atoms with Crippen molar-refractivity contribution in [2.45, 2.75) is 19.3 Å². The predicted octanol–water partition coefficient (Wildman–Crippen LogP) is 1.01. The molecule has 5 nitrogen and oxygen atoms in total. The molecule has 1 aliphatic carbocycles. The summed E-state index contributed by atoms with van der Waals surface area (Å²) in [6.45, 7) is 2.16. The topological polar surface area (TPSA) is 75.9 Å². The van der Waals surface area contributed by atoms with Gasteiger partial charge in [0.1, 0.15) is 6.07 Å². The summed E-state index contributed by atoms with van der Waals surface area (Å²) in [5.74, 6) is -0.354. The van der Waals surface area contributed by atoms with Crippen molar-refractivity contribution in [1.82, 2.24) is 9.97 Å². The minimum atomic E-state index is -0.206. The summed E-state index contributed by atoms with van der Waals surface area (Å²) in [5, 5.41) is 8.85. The van der Waals surface area contributed by atoms with E-state index in [2.05, 4.69) is 9.97 Å². The highest BCUT2D eigenvalue weighted by atomic mass is 16.5. The van der Waals surface area contributed by atoms with Crippen molar-refractivity contribution in [2.75, 3.05) is 6.61 Å². The molecule has 1 aliphatic rings. The van der Waals surface area contributed by atoms with Gasteiger partial charge in [0.15, 0.2) is 5.69 Å². The average Bonchev–Trinajstić information content (AvgIpc) is 3.09. The predicted molar refractivity (Wildman–Crippen MR) is 54.2 cm³/mol. The molecule has 2 rings (SSSR count). The third-order valence-corrected chi connectivity index (χ3v) is 2.56. The van der Waals surface area contributed by atoms with Crippen molar-refractivity contribution in [3.63, 3.8) is 0 Å². The van der Waals surface area contributed by atoms with Crippen LogP contribution in [-0.2, 0) is 9.53 Å². The maximum Gasteiger partial charge on any atom is 0.309 e. The van der Waals surface area contributed by atoms with Crippen molar-refractivity contribution in [3.8, 4) is 6.07 Å². The van der Waals surface area contributed by atoms with Crippen molar-refractivity contribution >= 4 is 5.97 Å². The van der Waals surface area contributed by atoms with E-state index in [1.807, 2.05) is 6.07 Å². The van der Waals surface area contributed by atoms with E-state index in [1.54, 1.807) is 6.92 Å². The van der Waals surface area contributed by atoms with Crippen LogP contribution in [0, 0.1) is 17.2 Å². The smallest absolute Gasteiger partial charge is 0.309 e. The number of hydrogen-bond acceptors (Lipinski definition) is 5. The number of carbonyl (C=O) groups excluding carboxylic acids is 1. The summed E-state index contributed by atoms with van der Waals surface area (Å²) >= 11 is 0. The first-order chi connectivity index (χ1) is 7.77. The van der Waals surface area contributed by atoms with Gasteiger partial charge in [0.2, 0.25) is 0 Å². The highest BCUT2D eigenvalue weighted by Crippen LogP contribution is 2.47. The van der Waals surface area contributed by atoms with Gasteiger partial charge in [-0.05, 0) is 13.3 Å². The van der Waals surface area contributed by atoms with E-state index in [9.17, 15) is 4.79 Å². The highest BCUT2D eigenvalue weighted by molar-refractivity contribution is 5.77. The van der Waals surface area contributed by atoms with Crippen molar-refractivity contribution < 1.29 is 9.53 Å². The summed E-state index contributed by atoms with van der Waals surface area (Å²) in [7, 11) is 0. The molecule has 2 atom stereocenters. The van der Waals surface area contributed by atoms with Crippen LogP contribution in [0.1, 0.15) is 30.7 Å². The van der Waals surface area contributed by atoms with Gasteiger partial charge in [0.25, 0.3) is 0 Å². The summed E-state index contributed by atoms with van der Waals surface area (Å²) < 4.78 is 4.92. The number of ether oxygens (including phenoxy) is 1. The summed E-state index contributed by atoms with van der Waals surface area (Å²) in [4.78, 5) is 19.5. The molecule has 1 fully saturated rings. The number of carbonyl (C=O) groups is 1. The van der Waals surface area contributed by atoms with Crippen LogP contribution in [0.4, 0.5) is 0 Å². The molecule has 0 spiro atoms. The monoisotopic (exact) mass is 217 g/mol. The maximum atomic E-state index is 11.4. The van der Waals surface area contributed by atoms with E-state index in [0.29, 0.717) is 24.4 Å². The van der Waals surface area contributed by atoms with Crippen molar-refractivity contribution in [1.29, 1.82) is 5.26 Å². The molecule has 0 unspecified atom stereocenters. The zero-order chi connectivity index (χ0) is 11.5. The number of rotatable bonds is 3. The van der Waals surface area contributed by atoms with E-state index in [-0.39, 0.29) is 17.8 Å². The van der Waals surface area contributed by atoms with Crippen molar-refractivity contribution in [3.05, 3.63) is 23.8 Å². The Morgan fingerprint density at radius 1 is 1.62 bits per heavy atom. The van der Waals surface area contributed by atoms with E-state index in [0.717, 1.165) is 0 Å². The van der Waals surface area contributed by atoms with Crippen LogP contribution >= 0.6 is 0 Å². The number of esters is 1. The third-order valence-electron chi connectivity index (χ3n) is 2.56. The van der Waals surface area contributed by atoms with Crippen LogP contribution in [0.25, 0.3) is 0 Å². The number of nitriles is 1. The molecule has 82 valence electrons. The van der Waals surface area contributed by atoms with Gasteiger partial charge < -0.3 is 4.74 Å². The van der Waals surface area contributed by atoms with E-state index in [1.165, 1.54) is 12.4 Å². The summed E-state index contributed by atoms with van der Waals surface area (Å²) in [6, 6.07) is 1.98. The van der Waals surface area contributed by atoms with Gasteiger partial charge in [-0.2, -0.15) is 5.26 Å². The summed E-state index contributed by atoms with van der Waals surface area (Å²) in [5.41, 5.74) is 0.919. The molecule has 0 bridgehead atoms. The van der Waals surface area contributed by atoms with Crippen LogP contribution in [0.15, 0.2) is 12.4 Å². The van der Waals surface area contributed by atoms with Gasteiger partial charge in [0, 0.05) is 18.3 Å². The second kappa shape index (κ2) is 4.27. The first-order valence-corrected chi connectivity index (χ1v) is 5.15. The highest BCUT2D eigenvalue weighted by Gasteiger charge is 2.47. The fourth-order valence-electron chi connectivity index (χ4n) is 1.71. The van der Waals surface area contributed by atoms with Gasteiger partial charge in [0.05, 0.1) is 18.2 Å². The summed E-state index contributed by atoms with van der Waals surface area (Å²) in [6.07, 6.45) is 3.71. The zero-order valence-corrected chi connectivity index (χ0v) is 8.88.